The molecule has 1 aliphatic rings. The number of thioether (sulfide) groups is 1. The highest BCUT2D eigenvalue weighted by molar-refractivity contribution is 8.06. The molecular formula is C8H16S. The molecule has 0 bridgehead atoms. The predicted octanol–water partition coefficient (Wildman–Crippen LogP) is 2.93. The molecule has 1 saturated heterocycles. The number of hydrogen-bond donors (Lipinski definition) is 0. The zero-order valence-electron chi connectivity index (χ0n) is 6.61. The van der Waals surface area contributed by atoms with Gasteiger partial charge in [0, 0.05) is 11.0 Å². The second-order valence-electron chi connectivity index (χ2n) is 3.56. The van der Waals surface area contributed by atoms with E-state index in [0.29, 0.717) is 5.41 Å². The van der Waals surface area contributed by atoms with Gasteiger partial charge in [-0.05, 0) is 11.8 Å². The zero-order valence-corrected chi connectivity index (χ0v) is 7.42. The van der Waals surface area contributed by atoms with E-state index in [9.17, 15) is 0 Å². The fourth-order valence-electron chi connectivity index (χ4n) is 1.30. The van der Waals surface area contributed by atoms with Crippen molar-refractivity contribution in [3.8, 4) is 0 Å². The summed E-state index contributed by atoms with van der Waals surface area (Å²) in [5, 5.41) is 0.984. The van der Waals surface area contributed by atoms with Gasteiger partial charge in [0.25, 0.3) is 0 Å². The van der Waals surface area contributed by atoms with Gasteiger partial charge in [-0.3, -0.25) is 0 Å². The van der Waals surface area contributed by atoms with Crippen LogP contribution in [0.3, 0.4) is 0 Å². The SMILES string of the molecule is CCCC(C)(C)C1CS1. The molecule has 0 aromatic heterocycles. The summed E-state index contributed by atoms with van der Waals surface area (Å²) in [7, 11) is 0. The third kappa shape index (κ3) is 1.89. The third-order valence-corrected chi connectivity index (χ3v) is 3.40. The first-order valence-electron chi connectivity index (χ1n) is 3.78. The Hall–Kier alpha value is 0.350. The summed E-state index contributed by atoms with van der Waals surface area (Å²) >= 11 is 2.12. The molecule has 1 heteroatoms. The van der Waals surface area contributed by atoms with Gasteiger partial charge in [-0.1, -0.05) is 27.2 Å². The van der Waals surface area contributed by atoms with E-state index in [4.69, 9.17) is 0 Å². The first kappa shape index (κ1) is 7.46. The van der Waals surface area contributed by atoms with Crippen molar-refractivity contribution < 1.29 is 0 Å². The smallest absolute Gasteiger partial charge is 0.0189 e. The van der Waals surface area contributed by atoms with Crippen molar-refractivity contribution in [2.75, 3.05) is 5.75 Å². The van der Waals surface area contributed by atoms with Gasteiger partial charge in [-0.15, -0.1) is 0 Å². The summed E-state index contributed by atoms with van der Waals surface area (Å²) < 4.78 is 0. The van der Waals surface area contributed by atoms with Crippen molar-refractivity contribution >= 4 is 11.8 Å². The molecule has 0 saturated carbocycles. The van der Waals surface area contributed by atoms with Crippen molar-refractivity contribution in [3.63, 3.8) is 0 Å². The maximum atomic E-state index is 2.39. The van der Waals surface area contributed by atoms with Crippen molar-refractivity contribution in [1.82, 2.24) is 0 Å². The fourth-order valence-corrected chi connectivity index (χ4v) is 2.42. The van der Waals surface area contributed by atoms with Gasteiger partial charge in [0.05, 0.1) is 0 Å². The predicted molar refractivity (Wildman–Crippen MR) is 44.9 cm³/mol. The lowest BCUT2D eigenvalue weighted by Crippen LogP contribution is -2.17. The van der Waals surface area contributed by atoms with Crippen molar-refractivity contribution in [2.24, 2.45) is 5.41 Å². The second-order valence-corrected chi connectivity index (χ2v) is 4.80. The van der Waals surface area contributed by atoms with Gasteiger partial charge in [-0.2, -0.15) is 11.8 Å². The van der Waals surface area contributed by atoms with Crippen LogP contribution >= 0.6 is 11.8 Å². The van der Waals surface area contributed by atoms with E-state index in [1.54, 1.807) is 0 Å². The van der Waals surface area contributed by atoms with Crippen LogP contribution in [-0.2, 0) is 0 Å². The lowest BCUT2D eigenvalue weighted by molar-refractivity contribution is 0.348. The van der Waals surface area contributed by atoms with E-state index in [0.717, 1.165) is 5.25 Å². The minimum absolute atomic E-state index is 0.624. The highest BCUT2D eigenvalue weighted by Crippen LogP contribution is 2.46. The van der Waals surface area contributed by atoms with E-state index < -0.39 is 0 Å². The molecule has 0 aromatic rings. The molecule has 0 amide bonds. The molecule has 0 aliphatic carbocycles. The van der Waals surface area contributed by atoms with Crippen molar-refractivity contribution in [2.45, 2.75) is 38.9 Å². The Morgan fingerprint density at radius 3 is 2.44 bits per heavy atom. The molecule has 0 nitrogen and oxygen atoms in total. The largest absolute Gasteiger partial charge is 0.156 e. The molecular weight excluding hydrogens is 128 g/mol. The lowest BCUT2D eigenvalue weighted by Gasteiger charge is -2.21. The van der Waals surface area contributed by atoms with Crippen LogP contribution in [0, 0.1) is 5.41 Å². The van der Waals surface area contributed by atoms with Gasteiger partial charge in [0.2, 0.25) is 0 Å². The van der Waals surface area contributed by atoms with Crippen LogP contribution in [0.4, 0.5) is 0 Å². The molecule has 1 rings (SSSR count). The molecule has 0 radical (unpaired) electrons. The topological polar surface area (TPSA) is 0 Å². The quantitative estimate of drug-likeness (QED) is 0.549. The van der Waals surface area contributed by atoms with Crippen LogP contribution in [-0.4, -0.2) is 11.0 Å². The standard InChI is InChI=1S/C8H16S/c1-4-5-8(2,3)7-6-9-7/h7H,4-6H2,1-3H3. The van der Waals surface area contributed by atoms with E-state index in [1.807, 2.05) is 0 Å². The Labute approximate surface area is 62.4 Å². The Morgan fingerprint density at radius 2 is 2.11 bits per heavy atom. The van der Waals surface area contributed by atoms with Crippen LogP contribution in [0.1, 0.15) is 33.6 Å². The Bertz CT molecular complexity index is 92.7. The Morgan fingerprint density at radius 1 is 1.56 bits per heavy atom. The molecule has 0 spiro atoms. The Balaban J connectivity index is 2.30. The van der Waals surface area contributed by atoms with E-state index in [2.05, 4.69) is 32.5 Å². The normalized spacial score (nSPS) is 26.3. The molecule has 0 N–H and O–H groups in total. The van der Waals surface area contributed by atoms with Crippen LogP contribution < -0.4 is 0 Å². The number of rotatable bonds is 3. The first-order valence-corrected chi connectivity index (χ1v) is 4.83. The minimum Gasteiger partial charge on any atom is -0.156 e. The molecule has 0 aromatic carbocycles. The molecule has 1 atom stereocenters. The van der Waals surface area contributed by atoms with E-state index >= 15 is 0 Å². The summed E-state index contributed by atoms with van der Waals surface area (Å²) in [5.41, 5.74) is 0.624. The van der Waals surface area contributed by atoms with Crippen molar-refractivity contribution in [1.29, 1.82) is 0 Å². The maximum absolute atomic E-state index is 2.39. The third-order valence-electron chi connectivity index (χ3n) is 2.10. The molecule has 54 valence electrons. The van der Waals surface area contributed by atoms with Crippen LogP contribution in [0.25, 0.3) is 0 Å². The fraction of sp³-hybridized carbons (Fsp3) is 1.00. The monoisotopic (exact) mass is 144 g/mol. The molecule has 1 heterocycles. The van der Waals surface area contributed by atoms with Gasteiger partial charge in [0.1, 0.15) is 0 Å². The summed E-state index contributed by atoms with van der Waals surface area (Å²) in [4.78, 5) is 0. The van der Waals surface area contributed by atoms with Gasteiger partial charge < -0.3 is 0 Å². The summed E-state index contributed by atoms with van der Waals surface area (Å²) in [6.07, 6.45) is 2.73. The lowest BCUT2D eigenvalue weighted by atomic mass is 9.85. The zero-order chi connectivity index (χ0) is 6.91. The highest BCUT2D eigenvalue weighted by Gasteiger charge is 2.37. The maximum Gasteiger partial charge on any atom is 0.0189 e. The summed E-state index contributed by atoms with van der Waals surface area (Å²) in [6, 6.07) is 0. The second kappa shape index (κ2) is 2.53. The first-order chi connectivity index (χ1) is 4.17. The number of hydrogen-bond acceptors (Lipinski definition) is 1. The summed E-state index contributed by atoms with van der Waals surface area (Å²) in [6.45, 7) is 7.05. The van der Waals surface area contributed by atoms with Gasteiger partial charge in [0.15, 0.2) is 0 Å². The molecule has 1 aliphatic heterocycles. The highest BCUT2D eigenvalue weighted by atomic mass is 32.2. The van der Waals surface area contributed by atoms with Crippen LogP contribution in [0.15, 0.2) is 0 Å². The Kier molecular flexibility index (Phi) is 2.10. The van der Waals surface area contributed by atoms with Crippen LogP contribution in [0.5, 0.6) is 0 Å². The van der Waals surface area contributed by atoms with E-state index in [1.165, 1.54) is 18.6 Å². The average molecular weight is 144 g/mol. The summed E-state index contributed by atoms with van der Waals surface area (Å²) in [5.74, 6) is 1.41. The molecule has 9 heavy (non-hydrogen) atoms. The van der Waals surface area contributed by atoms with Crippen molar-refractivity contribution in [3.05, 3.63) is 0 Å². The molecule has 1 fully saturated rings. The molecule has 1 unspecified atom stereocenters. The van der Waals surface area contributed by atoms with Crippen LogP contribution in [0.2, 0.25) is 0 Å². The van der Waals surface area contributed by atoms with Gasteiger partial charge >= 0.3 is 0 Å². The minimum atomic E-state index is 0.624. The average Bonchev–Trinajstić information content (AvgIpc) is 2.41. The van der Waals surface area contributed by atoms with E-state index in [-0.39, 0.29) is 0 Å². The van der Waals surface area contributed by atoms with Gasteiger partial charge in [-0.25, -0.2) is 0 Å².